The number of ether oxygens (including phenoxy) is 1. The zero-order valence-corrected chi connectivity index (χ0v) is 11.5. The van der Waals surface area contributed by atoms with E-state index < -0.39 is 17.4 Å². The molecule has 5 heteroatoms. The Morgan fingerprint density at radius 3 is 2.26 bits per heavy atom. The summed E-state index contributed by atoms with van der Waals surface area (Å²) in [6, 6.07) is 8.82. The number of methoxy groups -OCH3 is 1. The van der Waals surface area contributed by atoms with Gasteiger partial charge in [0.1, 0.15) is 0 Å². The number of hydrogen-bond donors (Lipinski definition) is 0. The smallest absolute Gasteiger partial charge is 0.201 e. The van der Waals surface area contributed by atoms with E-state index in [4.69, 9.17) is 0 Å². The number of carbonyl (C=O) groups is 1. The van der Waals surface area contributed by atoms with E-state index in [0.717, 1.165) is 4.47 Å². The van der Waals surface area contributed by atoms with E-state index in [0.29, 0.717) is 0 Å². The van der Waals surface area contributed by atoms with Gasteiger partial charge in [-0.2, -0.15) is 4.39 Å². The van der Waals surface area contributed by atoms with Gasteiger partial charge in [0.25, 0.3) is 0 Å². The molecule has 0 aliphatic carbocycles. The summed E-state index contributed by atoms with van der Waals surface area (Å²) in [5.41, 5.74) is -0.0349. The van der Waals surface area contributed by atoms with Gasteiger partial charge in [0, 0.05) is 10.0 Å². The Hall–Kier alpha value is -1.75. The Morgan fingerprint density at radius 1 is 1.05 bits per heavy atom. The second kappa shape index (κ2) is 5.48. The van der Waals surface area contributed by atoms with Gasteiger partial charge in [-0.1, -0.05) is 15.9 Å². The minimum absolute atomic E-state index is 0.232. The highest BCUT2D eigenvalue weighted by Gasteiger charge is 2.20. The van der Waals surface area contributed by atoms with Crippen molar-refractivity contribution in [3.8, 4) is 5.75 Å². The van der Waals surface area contributed by atoms with Crippen LogP contribution in [-0.4, -0.2) is 12.9 Å². The summed E-state index contributed by atoms with van der Waals surface area (Å²) in [4.78, 5) is 12.1. The second-order valence-electron chi connectivity index (χ2n) is 3.78. The molecule has 0 aliphatic rings. The number of hydrogen-bond acceptors (Lipinski definition) is 2. The predicted molar refractivity (Wildman–Crippen MR) is 70.5 cm³/mol. The first-order valence-corrected chi connectivity index (χ1v) is 6.16. The van der Waals surface area contributed by atoms with E-state index in [1.54, 1.807) is 12.1 Å². The van der Waals surface area contributed by atoms with Crippen LogP contribution in [0.4, 0.5) is 8.78 Å². The van der Waals surface area contributed by atoms with Crippen LogP contribution >= 0.6 is 15.9 Å². The summed E-state index contributed by atoms with van der Waals surface area (Å²) >= 11 is 3.23. The molecule has 0 atom stereocenters. The molecule has 98 valence electrons. The highest BCUT2D eigenvalue weighted by molar-refractivity contribution is 9.10. The van der Waals surface area contributed by atoms with Crippen LogP contribution in [0, 0.1) is 11.6 Å². The van der Waals surface area contributed by atoms with Crippen LogP contribution in [0.15, 0.2) is 40.9 Å². The van der Waals surface area contributed by atoms with Gasteiger partial charge in [0.05, 0.1) is 12.7 Å². The molecule has 0 saturated carbocycles. The van der Waals surface area contributed by atoms with Gasteiger partial charge >= 0.3 is 0 Å². The summed E-state index contributed by atoms with van der Waals surface area (Å²) in [7, 11) is 1.23. The minimum Gasteiger partial charge on any atom is -0.494 e. The third kappa shape index (κ3) is 2.66. The van der Waals surface area contributed by atoms with Crippen LogP contribution in [0.1, 0.15) is 15.9 Å². The van der Waals surface area contributed by atoms with E-state index in [-0.39, 0.29) is 16.9 Å². The molecule has 0 radical (unpaired) electrons. The molecular weight excluding hydrogens is 318 g/mol. The molecule has 0 amide bonds. The summed E-state index contributed by atoms with van der Waals surface area (Å²) in [6.45, 7) is 0. The fraction of sp³-hybridized carbons (Fsp3) is 0.0714. The average Bonchev–Trinajstić information content (AvgIpc) is 2.42. The maximum Gasteiger partial charge on any atom is 0.201 e. The normalized spacial score (nSPS) is 10.3. The standard InChI is InChI=1S/C14H9BrF2O2/c1-19-11-7-6-10(12(16)13(11)17)14(18)8-2-4-9(15)5-3-8/h2-7H,1H3. The Morgan fingerprint density at radius 2 is 1.68 bits per heavy atom. The zero-order chi connectivity index (χ0) is 14.0. The second-order valence-corrected chi connectivity index (χ2v) is 4.70. The van der Waals surface area contributed by atoms with E-state index >= 15 is 0 Å². The zero-order valence-electron chi connectivity index (χ0n) is 9.91. The molecule has 2 aromatic carbocycles. The van der Waals surface area contributed by atoms with Gasteiger partial charge < -0.3 is 4.74 Å². The Kier molecular flexibility index (Phi) is 3.95. The summed E-state index contributed by atoms with van der Waals surface area (Å²) < 4.78 is 32.8. The fourth-order valence-corrected chi connectivity index (χ4v) is 1.89. The molecule has 0 saturated heterocycles. The van der Waals surface area contributed by atoms with Gasteiger partial charge in [-0.05, 0) is 36.4 Å². The first-order chi connectivity index (χ1) is 9.04. The minimum atomic E-state index is -1.20. The number of carbonyl (C=O) groups excluding carboxylic acids is 1. The molecule has 0 heterocycles. The molecule has 0 aliphatic heterocycles. The number of benzene rings is 2. The van der Waals surface area contributed by atoms with Crippen molar-refractivity contribution in [1.82, 2.24) is 0 Å². The van der Waals surface area contributed by atoms with E-state index in [2.05, 4.69) is 20.7 Å². The van der Waals surface area contributed by atoms with Crippen molar-refractivity contribution in [2.45, 2.75) is 0 Å². The quantitative estimate of drug-likeness (QED) is 0.798. The van der Waals surface area contributed by atoms with Crippen LogP contribution < -0.4 is 4.74 Å². The van der Waals surface area contributed by atoms with Gasteiger partial charge in [0.15, 0.2) is 17.3 Å². The molecule has 0 N–H and O–H groups in total. The third-order valence-electron chi connectivity index (χ3n) is 2.62. The van der Waals surface area contributed by atoms with E-state index in [9.17, 15) is 13.6 Å². The lowest BCUT2D eigenvalue weighted by Crippen LogP contribution is -2.06. The third-order valence-corrected chi connectivity index (χ3v) is 3.15. The molecule has 0 unspecified atom stereocenters. The lowest BCUT2D eigenvalue weighted by Gasteiger charge is -2.07. The van der Waals surface area contributed by atoms with Crippen LogP contribution in [0.25, 0.3) is 0 Å². The van der Waals surface area contributed by atoms with Gasteiger partial charge in [-0.3, -0.25) is 4.79 Å². The molecule has 0 spiro atoms. The van der Waals surface area contributed by atoms with Crippen molar-refractivity contribution in [3.05, 3.63) is 63.6 Å². The van der Waals surface area contributed by atoms with Crippen molar-refractivity contribution >= 4 is 21.7 Å². The van der Waals surface area contributed by atoms with E-state index in [1.165, 1.54) is 31.4 Å². The van der Waals surface area contributed by atoms with Gasteiger partial charge in [-0.25, -0.2) is 4.39 Å². The molecule has 0 fully saturated rings. The van der Waals surface area contributed by atoms with Crippen LogP contribution in [0.5, 0.6) is 5.75 Å². The monoisotopic (exact) mass is 326 g/mol. The molecule has 2 rings (SSSR count). The Labute approximate surface area is 117 Å². The van der Waals surface area contributed by atoms with Crippen molar-refractivity contribution in [2.24, 2.45) is 0 Å². The highest BCUT2D eigenvalue weighted by Crippen LogP contribution is 2.24. The first kappa shape index (κ1) is 13.7. The summed E-state index contributed by atoms with van der Waals surface area (Å²) in [6.07, 6.45) is 0. The lowest BCUT2D eigenvalue weighted by molar-refractivity contribution is 0.103. The Bertz CT molecular complexity index is 624. The molecule has 19 heavy (non-hydrogen) atoms. The SMILES string of the molecule is COc1ccc(C(=O)c2ccc(Br)cc2)c(F)c1F. The molecule has 0 bridgehead atoms. The fourth-order valence-electron chi connectivity index (χ4n) is 1.62. The number of rotatable bonds is 3. The largest absolute Gasteiger partial charge is 0.494 e. The average molecular weight is 327 g/mol. The molecule has 2 aromatic rings. The van der Waals surface area contributed by atoms with E-state index in [1.807, 2.05) is 0 Å². The maximum absolute atomic E-state index is 13.8. The Balaban J connectivity index is 2.45. The summed E-state index contributed by atoms with van der Waals surface area (Å²) in [5.74, 6) is -3.17. The maximum atomic E-state index is 13.8. The lowest BCUT2D eigenvalue weighted by atomic mass is 10.0. The van der Waals surface area contributed by atoms with Crippen molar-refractivity contribution in [2.75, 3.05) is 7.11 Å². The van der Waals surface area contributed by atoms with Crippen LogP contribution in [-0.2, 0) is 0 Å². The number of ketones is 1. The van der Waals surface area contributed by atoms with Gasteiger partial charge in [-0.15, -0.1) is 0 Å². The number of halogens is 3. The van der Waals surface area contributed by atoms with Crippen LogP contribution in [0.2, 0.25) is 0 Å². The van der Waals surface area contributed by atoms with Crippen molar-refractivity contribution < 1.29 is 18.3 Å². The van der Waals surface area contributed by atoms with Crippen LogP contribution in [0.3, 0.4) is 0 Å². The highest BCUT2D eigenvalue weighted by atomic mass is 79.9. The molecular formula is C14H9BrF2O2. The predicted octanol–water partition coefficient (Wildman–Crippen LogP) is 3.97. The first-order valence-electron chi connectivity index (χ1n) is 5.37. The molecule has 2 nitrogen and oxygen atoms in total. The van der Waals surface area contributed by atoms with Crippen molar-refractivity contribution in [3.63, 3.8) is 0 Å². The van der Waals surface area contributed by atoms with Crippen molar-refractivity contribution in [1.29, 1.82) is 0 Å². The van der Waals surface area contributed by atoms with Gasteiger partial charge in [0.2, 0.25) is 5.82 Å². The topological polar surface area (TPSA) is 26.3 Å². The summed E-state index contributed by atoms with van der Waals surface area (Å²) in [5, 5.41) is 0. The molecule has 0 aromatic heterocycles.